The molecular weight excluding hydrogens is 502 g/mol. The van der Waals surface area contributed by atoms with Crippen molar-refractivity contribution < 1.29 is 27.2 Å². The molecule has 5 rings (SSSR count). The maximum absolute atomic E-state index is 15.0. The van der Waals surface area contributed by atoms with Gasteiger partial charge < -0.3 is 16.0 Å². The Morgan fingerprint density at radius 1 is 0.921 bits per heavy atom. The van der Waals surface area contributed by atoms with Crippen LogP contribution in [0.5, 0.6) is 0 Å². The Labute approximate surface area is 212 Å². The van der Waals surface area contributed by atoms with Gasteiger partial charge in [0.15, 0.2) is 5.82 Å². The predicted molar refractivity (Wildman–Crippen MR) is 133 cm³/mol. The number of aromatic amines is 1. The van der Waals surface area contributed by atoms with Crippen LogP contribution in [0, 0.1) is 5.82 Å². The molecule has 7 nitrogen and oxygen atoms in total. The Kier molecular flexibility index (Phi) is 6.11. The van der Waals surface area contributed by atoms with Gasteiger partial charge in [-0.1, -0.05) is 30.3 Å². The first kappa shape index (κ1) is 24.6. The average Bonchev–Trinajstić information content (AvgIpc) is 3.26. The van der Waals surface area contributed by atoms with Gasteiger partial charge in [-0.3, -0.25) is 9.59 Å². The number of nitrogens with zero attached hydrogens (tertiary/aromatic N) is 2. The Morgan fingerprint density at radius 2 is 1.63 bits per heavy atom. The lowest BCUT2D eigenvalue weighted by atomic mass is 10.0. The summed E-state index contributed by atoms with van der Waals surface area (Å²) in [5, 5.41) is 3.00. The van der Waals surface area contributed by atoms with Crippen molar-refractivity contribution in [2.45, 2.75) is 6.18 Å². The molecule has 5 aromatic rings. The van der Waals surface area contributed by atoms with Crippen molar-refractivity contribution in [3.05, 3.63) is 102 Å². The maximum Gasteiger partial charge on any atom is 0.417 e. The molecule has 38 heavy (non-hydrogen) atoms. The zero-order valence-corrected chi connectivity index (χ0v) is 19.3. The van der Waals surface area contributed by atoms with E-state index in [-0.39, 0.29) is 23.1 Å². The highest BCUT2D eigenvalue weighted by Crippen LogP contribution is 2.39. The first-order valence-electron chi connectivity index (χ1n) is 11.1. The van der Waals surface area contributed by atoms with Gasteiger partial charge in [0.2, 0.25) is 5.91 Å². The molecule has 0 radical (unpaired) electrons. The molecule has 2 aromatic heterocycles. The summed E-state index contributed by atoms with van der Waals surface area (Å²) < 4.78 is 56.1. The van der Waals surface area contributed by atoms with Crippen molar-refractivity contribution in [3.63, 3.8) is 0 Å². The van der Waals surface area contributed by atoms with Crippen molar-refractivity contribution in [1.29, 1.82) is 0 Å². The molecule has 0 fully saturated rings. The molecule has 2 amide bonds. The number of primary amides is 1. The van der Waals surface area contributed by atoms with Crippen LogP contribution < -0.4 is 11.1 Å². The molecule has 0 saturated heterocycles. The van der Waals surface area contributed by atoms with Gasteiger partial charge in [-0.05, 0) is 36.4 Å². The van der Waals surface area contributed by atoms with E-state index in [1.807, 2.05) is 0 Å². The van der Waals surface area contributed by atoms with Crippen LogP contribution >= 0.6 is 0 Å². The van der Waals surface area contributed by atoms with Gasteiger partial charge in [0.05, 0.1) is 22.5 Å². The molecule has 0 bridgehead atoms. The summed E-state index contributed by atoms with van der Waals surface area (Å²) in [7, 11) is 0. The van der Waals surface area contributed by atoms with Gasteiger partial charge in [0, 0.05) is 40.0 Å². The second-order valence-corrected chi connectivity index (χ2v) is 8.27. The highest BCUT2D eigenvalue weighted by molar-refractivity contribution is 6.14. The number of fused-ring (bicyclic) bond motifs is 1. The molecule has 0 aliphatic rings. The Morgan fingerprint density at radius 3 is 2.29 bits per heavy atom. The molecule has 0 atom stereocenters. The highest BCUT2D eigenvalue weighted by atomic mass is 19.4. The third-order valence-corrected chi connectivity index (χ3v) is 5.85. The SMILES string of the molecule is NC(=O)c1ccc2[nH]c(-c3ccccc3)c(NC(=O)c3cc(-c4ncccn4)c(C(F)(F)F)cc3F)c2c1. The monoisotopic (exact) mass is 519 g/mol. The molecule has 0 saturated carbocycles. The molecule has 4 N–H and O–H groups in total. The van der Waals surface area contributed by atoms with Crippen LogP contribution in [0.15, 0.2) is 79.1 Å². The van der Waals surface area contributed by atoms with E-state index in [0.717, 1.165) is 6.07 Å². The number of hydrogen-bond acceptors (Lipinski definition) is 4. The number of carbonyl (C=O) groups excluding carboxylic acids is 2. The number of hydrogen-bond donors (Lipinski definition) is 3. The van der Waals surface area contributed by atoms with Crippen molar-refractivity contribution in [2.24, 2.45) is 5.73 Å². The lowest BCUT2D eigenvalue weighted by Crippen LogP contribution is -2.17. The van der Waals surface area contributed by atoms with E-state index < -0.39 is 40.5 Å². The van der Waals surface area contributed by atoms with E-state index in [1.54, 1.807) is 36.4 Å². The number of rotatable bonds is 5. The standard InChI is InChI=1S/C27H17F4N5O2/c28-20-13-19(27(29,30)31)16(25-33-9-4-10-34-25)12-17(20)26(38)36-23-18-11-15(24(32)37)7-8-21(18)35-22(23)14-5-2-1-3-6-14/h1-13,35H,(H2,32,37)(H,36,38). The minimum absolute atomic E-state index is 0.163. The summed E-state index contributed by atoms with van der Waals surface area (Å²) in [5.41, 5.74) is 4.88. The van der Waals surface area contributed by atoms with E-state index in [4.69, 9.17) is 5.73 Å². The normalized spacial score (nSPS) is 11.5. The average molecular weight is 519 g/mol. The van der Waals surface area contributed by atoms with E-state index in [9.17, 15) is 27.2 Å². The predicted octanol–water partition coefficient (Wildman–Crippen LogP) is 5.80. The molecule has 0 aliphatic carbocycles. The van der Waals surface area contributed by atoms with Gasteiger partial charge in [-0.25, -0.2) is 14.4 Å². The molecule has 3 aromatic carbocycles. The van der Waals surface area contributed by atoms with Crippen molar-refractivity contribution in [2.75, 3.05) is 5.32 Å². The number of halogens is 4. The zero-order valence-electron chi connectivity index (χ0n) is 19.3. The second-order valence-electron chi connectivity index (χ2n) is 8.27. The largest absolute Gasteiger partial charge is 0.417 e. The van der Waals surface area contributed by atoms with Crippen molar-refractivity contribution >= 4 is 28.4 Å². The quantitative estimate of drug-likeness (QED) is 0.255. The van der Waals surface area contributed by atoms with Crippen LogP contribution in [0.1, 0.15) is 26.3 Å². The number of alkyl halides is 3. The highest BCUT2D eigenvalue weighted by Gasteiger charge is 2.36. The second kappa shape index (κ2) is 9.43. The van der Waals surface area contributed by atoms with Gasteiger partial charge in [0.25, 0.3) is 5.91 Å². The number of amides is 2. The van der Waals surface area contributed by atoms with Crippen LogP contribution in [0.3, 0.4) is 0 Å². The summed E-state index contributed by atoms with van der Waals surface area (Å²) in [6.45, 7) is 0. The van der Waals surface area contributed by atoms with E-state index >= 15 is 0 Å². The zero-order chi connectivity index (χ0) is 27.0. The summed E-state index contributed by atoms with van der Waals surface area (Å²) in [6, 6.07) is 15.8. The molecule has 2 heterocycles. The van der Waals surface area contributed by atoms with Crippen molar-refractivity contribution in [1.82, 2.24) is 15.0 Å². The summed E-state index contributed by atoms with van der Waals surface area (Å²) in [4.78, 5) is 35.9. The smallest absolute Gasteiger partial charge is 0.366 e. The van der Waals surface area contributed by atoms with Crippen molar-refractivity contribution in [3.8, 4) is 22.6 Å². The fraction of sp³-hybridized carbons (Fsp3) is 0.0370. The number of aromatic nitrogens is 3. The maximum atomic E-state index is 15.0. The lowest BCUT2D eigenvalue weighted by molar-refractivity contribution is -0.137. The number of anilines is 1. The summed E-state index contributed by atoms with van der Waals surface area (Å²) in [6.07, 6.45) is -2.45. The molecule has 0 unspecified atom stereocenters. The first-order valence-corrected chi connectivity index (χ1v) is 11.1. The number of benzene rings is 3. The van der Waals surface area contributed by atoms with Crippen LogP contribution in [-0.4, -0.2) is 26.8 Å². The van der Waals surface area contributed by atoms with Gasteiger partial charge in [-0.15, -0.1) is 0 Å². The minimum atomic E-state index is -4.92. The van der Waals surface area contributed by atoms with Crippen LogP contribution in [-0.2, 0) is 6.18 Å². The summed E-state index contributed by atoms with van der Waals surface area (Å²) in [5.74, 6) is -3.42. The van der Waals surface area contributed by atoms with Crippen LogP contribution in [0.4, 0.5) is 23.2 Å². The molecule has 11 heteroatoms. The molecule has 0 spiro atoms. The van der Waals surface area contributed by atoms with E-state index in [0.29, 0.717) is 22.2 Å². The number of H-pyrrole nitrogens is 1. The lowest BCUT2D eigenvalue weighted by Gasteiger charge is -2.15. The van der Waals surface area contributed by atoms with Gasteiger partial charge in [0.1, 0.15) is 5.82 Å². The number of nitrogens with two attached hydrogens (primary N) is 1. The third kappa shape index (κ3) is 4.57. The van der Waals surface area contributed by atoms with Gasteiger partial charge in [-0.2, -0.15) is 13.2 Å². The Hall–Kier alpha value is -5.06. The fourth-order valence-electron chi connectivity index (χ4n) is 4.08. The number of carbonyl (C=O) groups is 2. The fourth-order valence-corrected chi connectivity index (χ4v) is 4.08. The summed E-state index contributed by atoms with van der Waals surface area (Å²) >= 11 is 0. The minimum Gasteiger partial charge on any atom is -0.366 e. The van der Waals surface area contributed by atoms with E-state index in [1.165, 1.54) is 30.6 Å². The molecule has 190 valence electrons. The third-order valence-electron chi connectivity index (χ3n) is 5.85. The molecular formula is C27H17F4N5O2. The Balaban J connectivity index is 1.66. The molecule has 0 aliphatic heterocycles. The van der Waals surface area contributed by atoms with Gasteiger partial charge >= 0.3 is 6.18 Å². The topological polar surface area (TPSA) is 114 Å². The van der Waals surface area contributed by atoms with Crippen LogP contribution in [0.2, 0.25) is 0 Å². The van der Waals surface area contributed by atoms with Crippen LogP contribution in [0.25, 0.3) is 33.5 Å². The Bertz CT molecular complexity index is 1680. The first-order chi connectivity index (χ1) is 18.1. The van der Waals surface area contributed by atoms with E-state index in [2.05, 4.69) is 20.3 Å². The number of nitrogens with one attached hydrogen (secondary N) is 2.